The average Bonchev–Trinajstić information content (AvgIpc) is 2.42. The van der Waals surface area contributed by atoms with E-state index < -0.39 is 5.82 Å². The van der Waals surface area contributed by atoms with E-state index in [1.807, 2.05) is 30.3 Å². The monoisotopic (exact) mass is 292 g/mol. The Morgan fingerprint density at radius 2 is 2.05 bits per heavy atom. The Kier molecular flexibility index (Phi) is 4.53. The minimum Gasteiger partial charge on any atom is -0.388 e. The highest BCUT2D eigenvalue weighted by Crippen LogP contribution is 2.27. The average molecular weight is 293 g/mol. The fourth-order valence-electron chi connectivity index (χ4n) is 1.80. The lowest BCUT2D eigenvalue weighted by Gasteiger charge is -2.24. The molecule has 20 heavy (non-hydrogen) atoms. The summed E-state index contributed by atoms with van der Waals surface area (Å²) in [6.45, 7) is 0.366. The molecule has 104 valence electrons. The van der Waals surface area contributed by atoms with E-state index >= 15 is 0 Å². The van der Waals surface area contributed by atoms with Crippen molar-refractivity contribution < 1.29 is 4.39 Å². The lowest BCUT2D eigenvalue weighted by atomic mass is 10.2. The van der Waals surface area contributed by atoms with Crippen LogP contribution in [0.5, 0.6) is 0 Å². The van der Waals surface area contributed by atoms with E-state index in [1.165, 1.54) is 12.3 Å². The maximum atomic E-state index is 14.0. The molecular weight excluding hydrogens is 279 g/mol. The zero-order valence-corrected chi connectivity index (χ0v) is 11.4. The van der Waals surface area contributed by atoms with Crippen LogP contribution in [0, 0.1) is 11.2 Å². The van der Waals surface area contributed by atoms with Gasteiger partial charge in [-0.05, 0) is 18.2 Å². The number of hydrogen-bond acceptors (Lipinski definition) is 3. The van der Waals surface area contributed by atoms with Gasteiger partial charge in [0.1, 0.15) is 0 Å². The predicted octanol–water partition coefficient (Wildman–Crippen LogP) is 3.34. The van der Waals surface area contributed by atoms with E-state index in [2.05, 4.69) is 4.98 Å². The molecule has 0 aliphatic carbocycles. The Bertz CT molecular complexity index is 603. The van der Waals surface area contributed by atoms with Crippen LogP contribution < -0.4 is 10.6 Å². The number of halogens is 2. The highest BCUT2D eigenvalue weighted by atomic mass is 35.5. The number of anilines is 2. The van der Waals surface area contributed by atoms with Crippen LogP contribution in [0.4, 0.5) is 15.9 Å². The van der Waals surface area contributed by atoms with Crippen LogP contribution in [-0.4, -0.2) is 17.4 Å². The molecule has 0 saturated carbocycles. The van der Waals surface area contributed by atoms with Crippen molar-refractivity contribution in [2.45, 2.75) is 6.42 Å². The molecule has 1 aromatic heterocycles. The summed E-state index contributed by atoms with van der Waals surface area (Å²) in [4.78, 5) is 5.71. The van der Waals surface area contributed by atoms with Gasteiger partial charge in [0, 0.05) is 24.8 Å². The minimum atomic E-state index is -0.509. The summed E-state index contributed by atoms with van der Waals surface area (Å²) in [5, 5.41) is 7.56. The number of hydrogen-bond donors (Lipinski definition) is 2. The second kappa shape index (κ2) is 6.34. The molecule has 0 fully saturated rings. The number of para-hydroxylation sites is 1. The SMILES string of the molecule is N=C(N)CCN(c1ccccc1)c1ncc(Cl)cc1F. The molecule has 0 saturated heterocycles. The van der Waals surface area contributed by atoms with E-state index in [4.69, 9.17) is 22.7 Å². The van der Waals surface area contributed by atoms with Crippen LogP contribution in [0.25, 0.3) is 0 Å². The molecule has 0 aliphatic heterocycles. The lowest BCUT2D eigenvalue weighted by molar-refractivity contribution is 0.618. The number of pyridine rings is 1. The van der Waals surface area contributed by atoms with Gasteiger partial charge in [0.25, 0.3) is 0 Å². The molecule has 0 atom stereocenters. The number of nitrogens with zero attached hydrogens (tertiary/aromatic N) is 2. The zero-order valence-electron chi connectivity index (χ0n) is 10.7. The highest BCUT2D eigenvalue weighted by molar-refractivity contribution is 6.30. The summed E-state index contributed by atoms with van der Waals surface area (Å²) >= 11 is 5.72. The quantitative estimate of drug-likeness (QED) is 0.656. The first-order valence-corrected chi connectivity index (χ1v) is 6.42. The van der Waals surface area contributed by atoms with Gasteiger partial charge in [0.05, 0.1) is 10.9 Å². The van der Waals surface area contributed by atoms with Crippen molar-refractivity contribution >= 4 is 28.9 Å². The maximum Gasteiger partial charge on any atom is 0.169 e. The second-order valence-corrected chi connectivity index (χ2v) is 4.66. The van der Waals surface area contributed by atoms with Crippen molar-refractivity contribution in [2.24, 2.45) is 5.73 Å². The van der Waals surface area contributed by atoms with Crippen molar-refractivity contribution in [3.05, 3.63) is 53.4 Å². The van der Waals surface area contributed by atoms with Crippen molar-refractivity contribution in [1.29, 1.82) is 5.41 Å². The lowest BCUT2D eigenvalue weighted by Crippen LogP contribution is -2.25. The van der Waals surface area contributed by atoms with Gasteiger partial charge in [-0.3, -0.25) is 5.41 Å². The first kappa shape index (κ1) is 14.3. The summed E-state index contributed by atoms with van der Waals surface area (Å²) in [7, 11) is 0. The van der Waals surface area contributed by atoms with Gasteiger partial charge >= 0.3 is 0 Å². The number of nitrogens with two attached hydrogens (primary N) is 1. The topological polar surface area (TPSA) is 66.0 Å². The Morgan fingerprint density at radius 3 is 2.65 bits per heavy atom. The molecule has 0 aliphatic rings. The Morgan fingerprint density at radius 1 is 1.35 bits per heavy atom. The van der Waals surface area contributed by atoms with Crippen molar-refractivity contribution in [1.82, 2.24) is 4.98 Å². The maximum absolute atomic E-state index is 14.0. The van der Waals surface area contributed by atoms with Crippen LogP contribution in [0.1, 0.15) is 6.42 Å². The van der Waals surface area contributed by atoms with Crippen molar-refractivity contribution in [3.63, 3.8) is 0 Å². The number of aromatic nitrogens is 1. The van der Waals surface area contributed by atoms with E-state index in [0.29, 0.717) is 13.0 Å². The third kappa shape index (κ3) is 3.45. The molecule has 0 unspecified atom stereocenters. The Labute approximate surface area is 121 Å². The molecule has 2 rings (SSSR count). The zero-order chi connectivity index (χ0) is 14.5. The molecule has 0 amide bonds. The Balaban J connectivity index is 2.37. The van der Waals surface area contributed by atoms with E-state index in [9.17, 15) is 4.39 Å². The number of amidine groups is 1. The van der Waals surface area contributed by atoms with E-state index in [1.54, 1.807) is 4.90 Å². The van der Waals surface area contributed by atoms with Gasteiger partial charge in [-0.2, -0.15) is 0 Å². The standard InChI is InChI=1S/C14H14ClFN4/c15-10-8-12(16)14(19-9-10)20(7-6-13(17)18)11-4-2-1-3-5-11/h1-5,8-9H,6-7H2,(H3,17,18). The molecule has 0 bridgehead atoms. The van der Waals surface area contributed by atoms with Gasteiger partial charge < -0.3 is 10.6 Å². The molecule has 0 radical (unpaired) electrons. The fourth-order valence-corrected chi connectivity index (χ4v) is 1.95. The van der Waals surface area contributed by atoms with Crippen LogP contribution >= 0.6 is 11.6 Å². The molecule has 4 nitrogen and oxygen atoms in total. The summed E-state index contributed by atoms with van der Waals surface area (Å²) < 4.78 is 14.0. The van der Waals surface area contributed by atoms with Crippen LogP contribution in [0.3, 0.4) is 0 Å². The molecular formula is C14H14ClFN4. The summed E-state index contributed by atoms with van der Waals surface area (Å²) in [6, 6.07) is 10.5. The summed E-state index contributed by atoms with van der Waals surface area (Å²) in [5.74, 6) is -0.299. The molecule has 1 aromatic carbocycles. The fraction of sp³-hybridized carbons (Fsp3) is 0.143. The normalized spacial score (nSPS) is 10.3. The largest absolute Gasteiger partial charge is 0.388 e. The van der Waals surface area contributed by atoms with E-state index in [0.717, 1.165) is 5.69 Å². The first-order valence-electron chi connectivity index (χ1n) is 6.04. The van der Waals surface area contributed by atoms with Crippen LogP contribution in [-0.2, 0) is 0 Å². The molecule has 1 heterocycles. The van der Waals surface area contributed by atoms with Crippen molar-refractivity contribution in [3.8, 4) is 0 Å². The van der Waals surface area contributed by atoms with Gasteiger partial charge in [-0.1, -0.05) is 29.8 Å². The number of benzene rings is 1. The number of rotatable bonds is 5. The highest BCUT2D eigenvalue weighted by Gasteiger charge is 2.15. The third-order valence-electron chi connectivity index (χ3n) is 2.72. The third-order valence-corrected chi connectivity index (χ3v) is 2.92. The Hall–Kier alpha value is -2.14. The van der Waals surface area contributed by atoms with E-state index in [-0.39, 0.29) is 16.7 Å². The number of nitrogens with one attached hydrogen (secondary N) is 1. The summed E-state index contributed by atoms with van der Waals surface area (Å²) in [6.07, 6.45) is 1.71. The smallest absolute Gasteiger partial charge is 0.169 e. The molecule has 2 aromatic rings. The van der Waals surface area contributed by atoms with Gasteiger partial charge in [0.15, 0.2) is 11.6 Å². The van der Waals surface area contributed by atoms with Gasteiger partial charge in [0.2, 0.25) is 0 Å². The minimum absolute atomic E-state index is 0.0419. The van der Waals surface area contributed by atoms with Crippen LogP contribution in [0.15, 0.2) is 42.6 Å². The first-order chi connectivity index (χ1) is 9.58. The predicted molar refractivity (Wildman–Crippen MR) is 79.2 cm³/mol. The van der Waals surface area contributed by atoms with Crippen molar-refractivity contribution in [2.75, 3.05) is 11.4 Å². The molecule has 0 spiro atoms. The van der Waals surface area contributed by atoms with Crippen LogP contribution in [0.2, 0.25) is 5.02 Å². The molecule has 3 N–H and O–H groups in total. The summed E-state index contributed by atoms with van der Waals surface area (Å²) in [5.41, 5.74) is 6.16. The molecule has 6 heteroatoms. The van der Waals surface area contributed by atoms with Gasteiger partial charge in [-0.25, -0.2) is 9.37 Å². The second-order valence-electron chi connectivity index (χ2n) is 4.22. The van der Waals surface area contributed by atoms with Gasteiger partial charge in [-0.15, -0.1) is 0 Å².